The average Bonchev–Trinajstić information content (AvgIpc) is 3.14. The number of hydrogen-bond acceptors (Lipinski definition) is 4. The third kappa shape index (κ3) is 4.52. The number of aromatic nitrogens is 2. The number of allylic oxidation sites excluding steroid dienone is 2. The molecule has 2 aliphatic carbocycles. The van der Waals surface area contributed by atoms with Gasteiger partial charge < -0.3 is 4.90 Å². The van der Waals surface area contributed by atoms with Crippen molar-refractivity contribution >= 4 is 61.4 Å². The molecule has 1 atom stereocenters. The predicted octanol–water partition coefficient (Wildman–Crippen LogP) is 11.1. The first-order valence-corrected chi connectivity index (χ1v) is 16.6. The number of hydrogen-bond donors (Lipinski definition) is 0. The fourth-order valence-corrected chi connectivity index (χ4v) is 7.67. The van der Waals surface area contributed by atoms with Crippen molar-refractivity contribution in [3.63, 3.8) is 0 Å². The number of benzene rings is 5. The molecule has 5 aromatic carbocycles. The van der Waals surface area contributed by atoms with Crippen molar-refractivity contribution in [1.29, 1.82) is 0 Å². The van der Waals surface area contributed by atoms with E-state index in [9.17, 15) is 0 Å². The van der Waals surface area contributed by atoms with Crippen LogP contribution in [0.15, 0.2) is 152 Å². The maximum absolute atomic E-state index is 5.04. The molecule has 0 amide bonds. The Labute approximate surface area is 281 Å². The minimum atomic E-state index is -0.00936. The van der Waals surface area contributed by atoms with Gasteiger partial charge in [-0.2, -0.15) is 0 Å². The maximum Gasteiger partial charge on any atom is 0.138 e. The van der Waals surface area contributed by atoms with Gasteiger partial charge in [-0.3, -0.25) is 4.90 Å². The van der Waals surface area contributed by atoms with E-state index >= 15 is 0 Å². The standard InChI is InChI=1S/C44H34N4/c1-29-25-39(47(33-15-5-3-6-16-33)41-19-11-12-24-45-41)37-22-20-36-30(2)26-40(38-23-21-35(29)43(37)44(36)38)48(34-17-7-4-8-18-34)42-27-31-13-9-10-14-32(31)28-46-42/h3-19,21-28,39H,20H2,1-2H3. The number of nitrogens with zero attached hydrogens (tertiary/aromatic N) is 4. The smallest absolute Gasteiger partial charge is 0.138 e. The zero-order valence-corrected chi connectivity index (χ0v) is 27.0. The predicted molar refractivity (Wildman–Crippen MR) is 201 cm³/mol. The van der Waals surface area contributed by atoms with Gasteiger partial charge >= 0.3 is 0 Å². The topological polar surface area (TPSA) is 32.3 Å². The Bertz CT molecular complexity index is 2360. The number of fused-ring (bicyclic) bond motifs is 1. The first kappa shape index (κ1) is 28.2. The zero-order chi connectivity index (χ0) is 32.2. The molecule has 230 valence electrons. The Balaban J connectivity index is 1.28. The lowest BCUT2D eigenvalue weighted by Gasteiger charge is -2.39. The van der Waals surface area contributed by atoms with Gasteiger partial charge in [0.2, 0.25) is 0 Å². The largest absolute Gasteiger partial charge is 0.315 e. The summed E-state index contributed by atoms with van der Waals surface area (Å²) < 4.78 is 0. The molecule has 2 aliphatic rings. The highest BCUT2D eigenvalue weighted by atomic mass is 15.2. The van der Waals surface area contributed by atoms with Crippen LogP contribution in [0.3, 0.4) is 0 Å². The highest BCUT2D eigenvalue weighted by Crippen LogP contribution is 2.50. The summed E-state index contributed by atoms with van der Waals surface area (Å²) in [4.78, 5) is 14.6. The van der Waals surface area contributed by atoms with Crippen molar-refractivity contribution in [3.05, 3.63) is 174 Å². The zero-order valence-electron chi connectivity index (χ0n) is 27.0. The highest BCUT2D eigenvalue weighted by Gasteiger charge is 2.34. The van der Waals surface area contributed by atoms with Crippen LogP contribution < -0.4 is 9.80 Å². The molecule has 0 saturated heterocycles. The van der Waals surface area contributed by atoms with E-state index in [1.54, 1.807) is 0 Å². The summed E-state index contributed by atoms with van der Waals surface area (Å²) in [6.07, 6.45) is 9.63. The molecule has 7 aromatic rings. The molecule has 2 heterocycles. The number of aryl methyl sites for hydroxylation is 1. The number of anilines is 5. The van der Waals surface area contributed by atoms with Crippen LogP contribution in [-0.4, -0.2) is 16.0 Å². The lowest BCUT2D eigenvalue weighted by Crippen LogP contribution is -2.34. The van der Waals surface area contributed by atoms with Crippen LogP contribution >= 0.6 is 0 Å². The molecular formula is C44H34N4. The number of pyridine rings is 2. The molecule has 0 fully saturated rings. The van der Waals surface area contributed by atoms with E-state index in [1.165, 1.54) is 49.6 Å². The maximum atomic E-state index is 5.04. The average molecular weight is 619 g/mol. The lowest BCUT2D eigenvalue weighted by atomic mass is 9.75. The van der Waals surface area contributed by atoms with Gasteiger partial charge in [0, 0.05) is 34.5 Å². The van der Waals surface area contributed by atoms with Gasteiger partial charge in [0.1, 0.15) is 11.6 Å². The van der Waals surface area contributed by atoms with E-state index in [4.69, 9.17) is 9.97 Å². The van der Waals surface area contributed by atoms with Gasteiger partial charge in [-0.15, -0.1) is 0 Å². The molecular weight excluding hydrogens is 585 g/mol. The summed E-state index contributed by atoms with van der Waals surface area (Å²) in [5.41, 5.74) is 11.3. The molecule has 48 heavy (non-hydrogen) atoms. The van der Waals surface area contributed by atoms with Crippen molar-refractivity contribution in [2.24, 2.45) is 0 Å². The van der Waals surface area contributed by atoms with Crippen LogP contribution in [0.2, 0.25) is 0 Å². The SMILES string of the molecule is CC1=CC(N(c2ccccc2)c2ccccn2)C2=CCc3c(C)cc(N(c4ccccc4)c4cc5ccccc5cn4)c4ccc1c2c34. The second-order valence-electron chi connectivity index (χ2n) is 12.7. The molecule has 2 aromatic heterocycles. The van der Waals surface area contributed by atoms with Crippen molar-refractivity contribution < 1.29 is 0 Å². The fourth-order valence-electron chi connectivity index (χ4n) is 7.67. The minimum Gasteiger partial charge on any atom is -0.315 e. The Kier molecular flexibility index (Phi) is 6.68. The number of rotatable bonds is 6. The molecule has 0 radical (unpaired) electrons. The summed E-state index contributed by atoms with van der Waals surface area (Å²) >= 11 is 0. The first-order valence-electron chi connectivity index (χ1n) is 16.6. The molecule has 1 unspecified atom stereocenters. The summed E-state index contributed by atoms with van der Waals surface area (Å²) in [7, 11) is 0. The van der Waals surface area contributed by atoms with E-state index in [0.29, 0.717) is 0 Å². The van der Waals surface area contributed by atoms with Gasteiger partial charge in [0.15, 0.2) is 0 Å². The second-order valence-corrected chi connectivity index (χ2v) is 12.7. The van der Waals surface area contributed by atoms with Crippen molar-refractivity contribution in [3.8, 4) is 0 Å². The molecule has 0 aliphatic heterocycles. The van der Waals surface area contributed by atoms with Crippen LogP contribution in [-0.2, 0) is 6.42 Å². The Hall–Kier alpha value is -6.00. The molecule has 0 spiro atoms. The van der Waals surface area contributed by atoms with E-state index in [2.05, 4.69) is 157 Å². The third-order valence-electron chi connectivity index (χ3n) is 9.89. The van der Waals surface area contributed by atoms with Gasteiger partial charge in [-0.05, 0) is 113 Å². The fraction of sp³-hybridized carbons (Fsp3) is 0.0909. The Morgan fingerprint density at radius 1 is 0.667 bits per heavy atom. The molecule has 0 N–H and O–H groups in total. The van der Waals surface area contributed by atoms with E-state index < -0.39 is 0 Å². The summed E-state index contributed by atoms with van der Waals surface area (Å²) in [5.74, 6) is 1.83. The van der Waals surface area contributed by atoms with Crippen LogP contribution in [0.25, 0.3) is 32.7 Å². The summed E-state index contributed by atoms with van der Waals surface area (Å²) in [5, 5.41) is 4.88. The van der Waals surface area contributed by atoms with E-state index in [0.717, 1.165) is 40.5 Å². The Morgan fingerprint density at radius 3 is 2.17 bits per heavy atom. The van der Waals surface area contributed by atoms with Gasteiger partial charge in [0.25, 0.3) is 0 Å². The van der Waals surface area contributed by atoms with Crippen molar-refractivity contribution in [2.75, 3.05) is 9.80 Å². The second kappa shape index (κ2) is 11.4. The summed E-state index contributed by atoms with van der Waals surface area (Å²) in [6.45, 7) is 4.52. The molecule has 0 bridgehead atoms. The molecule has 0 saturated carbocycles. The van der Waals surface area contributed by atoms with Crippen LogP contribution in [0.4, 0.5) is 28.7 Å². The normalized spacial score (nSPS) is 14.8. The van der Waals surface area contributed by atoms with Gasteiger partial charge in [-0.1, -0.05) is 91.0 Å². The number of para-hydroxylation sites is 2. The third-order valence-corrected chi connectivity index (χ3v) is 9.89. The van der Waals surface area contributed by atoms with Gasteiger partial charge in [0.05, 0.1) is 11.7 Å². The highest BCUT2D eigenvalue weighted by molar-refractivity contribution is 6.12. The molecule has 4 nitrogen and oxygen atoms in total. The van der Waals surface area contributed by atoms with Crippen LogP contribution in [0.1, 0.15) is 29.2 Å². The lowest BCUT2D eigenvalue weighted by molar-refractivity contribution is 0.921. The quantitative estimate of drug-likeness (QED) is 0.186. The van der Waals surface area contributed by atoms with Gasteiger partial charge in [-0.25, -0.2) is 9.97 Å². The Morgan fingerprint density at radius 2 is 1.40 bits per heavy atom. The minimum absolute atomic E-state index is 0.00936. The first-order chi connectivity index (χ1) is 23.7. The summed E-state index contributed by atoms with van der Waals surface area (Å²) in [6, 6.07) is 45.1. The van der Waals surface area contributed by atoms with Crippen LogP contribution in [0.5, 0.6) is 0 Å². The monoisotopic (exact) mass is 618 g/mol. The van der Waals surface area contributed by atoms with Crippen molar-refractivity contribution in [2.45, 2.75) is 26.3 Å². The van der Waals surface area contributed by atoms with E-state index in [1.807, 2.05) is 18.5 Å². The van der Waals surface area contributed by atoms with Crippen LogP contribution in [0, 0.1) is 6.92 Å². The van der Waals surface area contributed by atoms with E-state index in [-0.39, 0.29) is 6.04 Å². The molecule has 4 heteroatoms. The van der Waals surface area contributed by atoms with Crippen molar-refractivity contribution in [1.82, 2.24) is 9.97 Å². The molecule has 9 rings (SSSR count).